The molecule has 0 saturated heterocycles. The largest absolute Gasteiger partial charge is 0.454 e. The van der Waals surface area contributed by atoms with Gasteiger partial charge in [-0.2, -0.15) is 0 Å². The Morgan fingerprint density at radius 1 is 0.348 bits per heavy atom. The third-order valence-electron chi connectivity index (χ3n) is 13.9. The van der Waals surface area contributed by atoms with E-state index in [9.17, 15) is 0 Å². The fourth-order valence-electron chi connectivity index (χ4n) is 10.6. The van der Waals surface area contributed by atoms with Crippen molar-refractivity contribution in [1.29, 1.82) is 0 Å². The summed E-state index contributed by atoms with van der Waals surface area (Å²) in [6.07, 6.45) is 6.52. The first-order valence-electron chi connectivity index (χ1n) is 23.8. The van der Waals surface area contributed by atoms with Gasteiger partial charge in [0.15, 0.2) is 11.2 Å². The van der Waals surface area contributed by atoms with Gasteiger partial charge in [0.05, 0.1) is 22.7 Å². The highest BCUT2D eigenvalue weighted by molar-refractivity contribution is 6.28. The lowest BCUT2D eigenvalue weighted by molar-refractivity contribution is 0.658. The SMILES string of the molecule is CCCCc1cccc2c1oc1c(N(c3ccc(C)cc3)c3ccc4ccc5c(N(c6ccc(C)cc6)c6cccc7c6oc6c(CCCC)cccc67)ccc6ccc3c4c65)cccc12. The summed E-state index contributed by atoms with van der Waals surface area (Å²) in [6, 6.07) is 62.7. The smallest absolute Gasteiger partial charge is 0.159 e. The lowest BCUT2D eigenvalue weighted by Crippen LogP contribution is -2.12. The van der Waals surface area contributed by atoms with Crippen molar-refractivity contribution >= 4 is 110 Å². The standard InChI is InChI=1S/C62H52N2O2/c1-5-7-13-43-15-9-17-47-49-19-11-21-55(61(49)65-59(43)47)63(45-31-23-39(3)24-32-45)53-37-29-41-28-36-52-54(38-30-42-27-35-51(53)57(41)58(42)52)64(46-33-25-40(4)26-34-46)56-22-12-20-50-48-18-10-16-44(14-8-6-2)60(48)66-62(50)56/h9-12,15-38H,5-8,13-14H2,1-4H3. The van der Waals surface area contributed by atoms with Gasteiger partial charge in [-0.05, 0) is 121 Å². The van der Waals surface area contributed by atoms with Gasteiger partial charge in [0, 0.05) is 43.7 Å². The van der Waals surface area contributed by atoms with Crippen LogP contribution in [0.15, 0.2) is 179 Å². The maximum absolute atomic E-state index is 7.04. The van der Waals surface area contributed by atoms with Crippen LogP contribution in [-0.2, 0) is 12.8 Å². The molecule has 66 heavy (non-hydrogen) atoms. The lowest BCUT2D eigenvalue weighted by atomic mass is 9.91. The minimum Gasteiger partial charge on any atom is -0.454 e. The molecule has 4 heteroatoms. The molecule has 0 aliphatic rings. The zero-order valence-corrected chi connectivity index (χ0v) is 38.1. The predicted molar refractivity (Wildman–Crippen MR) is 281 cm³/mol. The number of hydrogen-bond donors (Lipinski definition) is 0. The molecule has 4 nitrogen and oxygen atoms in total. The normalized spacial score (nSPS) is 12.0. The van der Waals surface area contributed by atoms with Gasteiger partial charge in [-0.15, -0.1) is 0 Å². The Morgan fingerprint density at radius 3 is 1.14 bits per heavy atom. The molecule has 0 unspecified atom stereocenters. The molecule has 12 rings (SSSR count). The first-order valence-corrected chi connectivity index (χ1v) is 23.8. The number of anilines is 6. The van der Waals surface area contributed by atoms with Crippen LogP contribution in [0.1, 0.15) is 61.8 Å². The van der Waals surface area contributed by atoms with E-state index in [2.05, 4.69) is 207 Å². The number of aryl methyl sites for hydroxylation is 4. The summed E-state index contributed by atoms with van der Waals surface area (Å²) in [5.41, 5.74) is 15.2. The van der Waals surface area contributed by atoms with Crippen LogP contribution >= 0.6 is 0 Å². The van der Waals surface area contributed by atoms with Gasteiger partial charge in [0.25, 0.3) is 0 Å². The van der Waals surface area contributed by atoms with E-state index in [1.807, 2.05) is 0 Å². The number of unbranched alkanes of at least 4 members (excludes halogenated alkanes) is 2. The third-order valence-corrected chi connectivity index (χ3v) is 13.9. The first kappa shape index (κ1) is 40.0. The molecule has 2 heterocycles. The number of furan rings is 2. The van der Waals surface area contributed by atoms with Gasteiger partial charge in [0.1, 0.15) is 11.2 Å². The van der Waals surface area contributed by atoms with Crippen molar-refractivity contribution in [2.45, 2.75) is 66.2 Å². The van der Waals surface area contributed by atoms with Gasteiger partial charge in [-0.3, -0.25) is 0 Å². The Hall–Kier alpha value is -7.56. The molecule has 0 saturated carbocycles. The van der Waals surface area contributed by atoms with Gasteiger partial charge in [-0.25, -0.2) is 0 Å². The predicted octanol–water partition coefficient (Wildman–Crippen LogP) is 18.6. The number of nitrogens with zero attached hydrogens (tertiary/aromatic N) is 2. The Morgan fingerprint density at radius 2 is 0.727 bits per heavy atom. The van der Waals surface area contributed by atoms with Crippen LogP contribution < -0.4 is 9.80 Å². The van der Waals surface area contributed by atoms with E-state index in [0.717, 1.165) is 106 Å². The highest BCUT2D eigenvalue weighted by atomic mass is 16.3. The molecule has 0 N–H and O–H groups in total. The topological polar surface area (TPSA) is 32.8 Å². The van der Waals surface area contributed by atoms with Gasteiger partial charge < -0.3 is 18.6 Å². The minimum absolute atomic E-state index is 0.899. The van der Waals surface area contributed by atoms with Gasteiger partial charge >= 0.3 is 0 Å². The van der Waals surface area contributed by atoms with Crippen LogP contribution in [0.25, 0.3) is 76.2 Å². The Kier molecular flexibility index (Phi) is 9.78. The van der Waals surface area contributed by atoms with Crippen LogP contribution in [0.5, 0.6) is 0 Å². The molecular formula is C62H52N2O2. The second kappa shape index (κ2) is 16.2. The monoisotopic (exact) mass is 856 g/mol. The summed E-state index contributed by atoms with van der Waals surface area (Å²) in [4.78, 5) is 4.83. The molecule has 0 aliphatic heterocycles. The van der Waals surface area contributed by atoms with Crippen LogP contribution in [0.4, 0.5) is 34.1 Å². The summed E-state index contributed by atoms with van der Waals surface area (Å²) in [5, 5.41) is 11.9. The zero-order chi connectivity index (χ0) is 44.5. The van der Waals surface area contributed by atoms with E-state index < -0.39 is 0 Å². The lowest BCUT2D eigenvalue weighted by Gasteiger charge is -2.29. The van der Waals surface area contributed by atoms with E-state index in [-0.39, 0.29) is 0 Å². The average molecular weight is 857 g/mol. The molecule has 0 radical (unpaired) electrons. The van der Waals surface area contributed by atoms with Gasteiger partial charge in [0.2, 0.25) is 0 Å². The summed E-state index contributed by atoms with van der Waals surface area (Å²) in [7, 11) is 0. The fraction of sp³-hybridized carbons (Fsp3) is 0.161. The van der Waals surface area contributed by atoms with Crippen LogP contribution in [0, 0.1) is 13.8 Å². The van der Waals surface area contributed by atoms with Crippen molar-refractivity contribution in [1.82, 2.24) is 0 Å². The number of hydrogen-bond acceptors (Lipinski definition) is 4. The summed E-state index contributed by atoms with van der Waals surface area (Å²) in [5.74, 6) is 0. The van der Waals surface area contributed by atoms with E-state index in [4.69, 9.17) is 8.83 Å². The Labute approximate surface area is 385 Å². The number of fused-ring (bicyclic) bond motifs is 6. The van der Waals surface area contributed by atoms with Crippen molar-refractivity contribution in [2.24, 2.45) is 0 Å². The van der Waals surface area contributed by atoms with Gasteiger partial charge in [-0.1, -0.05) is 159 Å². The molecule has 2 aromatic heterocycles. The number of para-hydroxylation sites is 4. The first-order chi connectivity index (χ1) is 32.5. The minimum atomic E-state index is 0.899. The zero-order valence-electron chi connectivity index (χ0n) is 38.1. The fourth-order valence-corrected chi connectivity index (χ4v) is 10.6. The van der Waals surface area contributed by atoms with Crippen LogP contribution in [0.3, 0.4) is 0 Å². The van der Waals surface area contributed by atoms with Crippen molar-refractivity contribution in [3.63, 3.8) is 0 Å². The van der Waals surface area contributed by atoms with Crippen LogP contribution in [-0.4, -0.2) is 0 Å². The molecule has 0 amide bonds. The van der Waals surface area contributed by atoms with Crippen molar-refractivity contribution < 1.29 is 8.83 Å². The molecule has 10 aromatic carbocycles. The van der Waals surface area contributed by atoms with E-state index in [1.54, 1.807) is 0 Å². The second-order valence-corrected chi connectivity index (χ2v) is 18.2. The van der Waals surface area contributed by atoms with Crippen LogP contribution in [0.2, 0.25) is 0 Å². The quantitative estimate of drug-likeness (QED) is 0.115. The Bertz CT molecular complexity index is 3510. The molecule has 322 valence electrons. The van der Waals surface area contributed by atoms with Crippen molar-refractivity contribution in [3.05, 3.63) is 192 Å². The summed E-state index contributed by atoms with van der Waals surface area (Å²) < 4.78 is 14.1. The van der Waals surface area contributed by atoms with E-state index >= 15 is 0 Å². The number of rotatable bonds is 12. The molecular weight excluding hydrogens is 805 g/mol. The average Bonchev–Trinajstić information content (AvgIpc) is 3.94. The Balaban J connectivity index is 1.10. The van der Waals surface area contributed by atoms with Crippen molar-refractivity contribution in [2.75, 3.05) is 9.80 Å². The highest BCUT2D eigenvalue weighted by Crippen LogP contribution is 2.50. The second-order valence-electron chi connectivity index (χ2n) is 18.2. The molecule has 0 aliphatic carbocycles. The molecule has 0 fully saturated rings. The summed E-state index contributed by atoms with van der Waals surface area (Å²) >= 11 is 0. The number of benzene rings is 10. The maximum Gasteiger partial charge on any atom is 0.159 e. The summed E-state index contributed by atoms with van der Waals surface area (Å²) in [6.45, 7) is 8.80. The molecule has 0 atom stereocenters. The van der Waals surface area contributed by atoms with E-state index in [0.29, 0.717) is 0 Å². The van der Waals surface area contributed by atoms with E-state index in [1.165, 1.54) is 65.3 Å². The van der Waals surface area contributed by atoms with Crippen molar-refractivity contribution in [3.8, 4) is 0 Å². The third kappa shape index (κ3) is 6.42. The molecule has 0 spiro atoms. The molecule has 12 aromatic rings. The highest BCUT2D eigenvalue weighted by Gasteiger charge is 2.26. The molecule has 0 bridgehead atoms. The maximum atomic E-state index is 7.04.